The normalized spacial score (nSPS) is 12.2. The van der Waals surface area contributed by atoms with Crippen molar-refractivity contribution in [1.29, 1.82) is 0 Å². The van der Waals surface area contributed by atoms with E-state index in [-0.39, 0.29) is 16.7 Å². The van der Waals surface area contributed by atoms with Gasteiger partial charge in [-0.2, -0.15) is 0 Å². The lowest BCUT2D eigenvalue weighted by Crippen LogP contribution is -2.18. The first-order chi connectivity index (χ1) is 7.45. The largest absolute Gasteiger partial charge is 0.477 e. The Labute approximate surface area is 98.3 Å². The first-order valence-corrected chi connectivity index (χ1v) is 5.92. The highest BCUT2D eigenvalue weighted by Gasteiger charge is 2.15. The van der Waals surface area contributed by atoms with Gasteiger partial charge >= 0.3 is 5.97 Å². The van der Waals surface area contributed by atoms with E-state index in [1.807, 2.05) is 13.8 Å². The van der Waals surface area contributed by atoms with Crippen molar-refractivity contribution in [3.05, 3.63) is 16.5 Å². The summed E-state index contributed by atoms with van der Waals surface area (Å²) in [7, 11) is 0. The zero-order valence-electron chi connectivity index (χ0n) is 9.53. The summed E-state index contributed by atoms with van der Waals surface area (Å²) in [5, 5.41) is 12.2. The molecular weight excluding hydrogens is 226 g/mol. The summed E-state index contributed by atoms with van der Waals surface area (Å²) in [6.07, 6.45) is 0.766. The molecule has 0 aliphatic heterocycles. The van der Waals surface area contributed by atoms with E-state index in [2.05, 4.69) is 5.32 Å². The Kier molecular flexibility index (Phi) is 4.06. The summed E-state index contributed by atoms with van der Waals surface area (Å²) < 4.78 is 0. The molecule has 2 N–H and O–H groups in total. The summed E-state index contributed by atoms with van der Waals surface area (Å²) in [6, 6.07) is 1.69. The first-order valence-electron chi connectivity index (χ1n) is 5.10. The Balaban J connectivity index is 2.79. The van der Waals surface area contributed by atoms with Crippen LogP contribution in [0.25, 0.3) is 0 Å². The van der Waals surface area contributed by atoms with Gasteiger partial charge < -0.3 is 10.4 Å². The zero-order chi connectivity index (χ0) is 12.3. The number of hydrogen-bond donors (Lipinski definition) is 2. The second-order valence-electron chi connectivity index (χ2n) is 3.73. The number of thiophene rings is 1. The van der Waals surface area contributed by atoms with Gasteiger partial charge in [-0.1, -0.05) is 13.8 Å². The molecule has 0 radical (unpaired) electrons. The molecule has 5 heteroatoms. The fourth-order valence-corrected chi connectivity index (χ4v) is 2.10. The van der Waals surface area contributed by atoms with Gasteiger partial charge in [0.2, 0.25) is 5.91 Å². The van der Waals surface area contributed by atoms with Crippen molar-refractivity contribution in [2.24, 2.45) is 5.92 Å². The second-order valence-corrected chi connectivity index (χ2v) is 4.78. The van der Waals surface area contributed by atoms with Crippen LogP contribution in [0, 0.1) is 12.8 Å². The third-order valence-electron chi connectivity index (χ3n) is 2.42. The standard InChI is InChI=1S/C11H15NO3S/c1-4-6(2)10(13)12-8-5-7(3)9(16-8)11(14)15/h5-6H,4H2,1-3H3,(H,12,13)(H,14,15). The van der Waals surface area contributed by atoms with Gasteiger partial charge in [0.25, 0.3) is 0 Å². The van der Waals surface area contributed by atoms with E-state index < -0.39 is 5.97 Å². The molecule has 0 aliphatic rings. The molecule has 0 bridgehead atoms. The molecule has 1 heterocycles. The molecule has 0 saturated carbocycles. The number of carboxylic acid groups (broad SMARTS) is 1. The van der Waals surface area contributed by atoms with Crippen molar-refractivity contribution >= 4 is 28.2 Å². The third kappa shape index (κ3) is 2.82. The minimum absolute atomic E-state index is 0.0596. The number of hydrogen-bond acceptors (Lipinski definition) is 3. The summed E-state index contributed by atoms with van der Waals surface area (Å²) in [5.74, 6) is -1.08. The Morgan fingerprint density at radius 2 is 2.19 bits per heavy atom. The van der Waals surface area contributed by atoms with Crippen LogP contribution in [0.4, 0.5) is 5.00 Å². The van der Waals surface area contributed by atoms with Gasteiger partial charge in [-0.05, 0) is 25.0 Å². The quantitative estimate of drug-likeness (QED) is 0.851. The van der Waals surface area contributed by atoms with E-state index in [1.54, 1.807) is 13.0 Å². The smallest absolute Gasteiger partial charge is 0.346 e. The van der Waals surface area contributed by atoms with Crippen molar-refractivity contribution < 1.29 is 14.7 Å². The second kappa shape index (κ2) is 5.12. The number of anilines is 1. The number of carbonyl (C=O) groups excluding carboxylic acids is 1. The minimum atomic E-state index is -0.952. The topological polar surface area (TPSA) is 66.4 Å². The molecule has 0 saturated heterocycles. The molecule has 0 aliphatic carbocycles. The van der Waals surface area contributed by atoms with E-state index in [0.29, 0.717) is 10.6 Å². The lowest BCUT2D eigenvalue weighted by atomic mass is 10.1. The molecule has 0 fully saturated rings. The number of rotatable bonds is 4. The average molecular weight is 241 g/mol. The number of carboxylic acids is 1. The molecule has 1 unspecified atom stereocenters. The highest BCUT2D eigenvalue weighted by molar-refractivity contribution is 7.18. The van der Waals surface area contributed by atoms with Gasteiger partial charge in [0.05, 0.1) is 5.00 Å². The molecule has 0 spiro atoms. The number of aromatic carboxylic acids is 1. The lowest BCUT2D eigenvalue weighted by Gasteiger charge is -2.07. The summed E-state index contributed by atoms with van der Waals surface area (Å²) in [5.41, 5.74) is 0.678. The highest BCUT2D eigenvalue weighted by Crippen LogP contribution is 2.27. The number of nitrogens with one attached hydrogen (secondary N) is 1. The molecule has 1 atom stereocenters. The SMILES string of the molecule is CCC(C)C(=O)Nc1cc(C)c(C(=O)O)s1. The van der Waals surface area contributed by atoms with Gasteiger partial charge in [0.1, 0.15) is 4.88 Å². The lowest BCUT2D eigenvalue weighted by molar-refractivity contribution is -0.119. The van der Waals surface area contributed by atoms with Gasteiger partial charge in [-0.25, -0.2) is 4.79 Å². The van der Waals surface area contributed by atoms with Crippen LogP contribution in [-0.4, -0.2) is 17.0 Å². The fourth-order valence-electron chi connectivity index (χ4n) is 1.19. The van der Waals surface area contributed by atoms with Crippen LogP contribution in [0.5, 0.6) is 0 Å². The fraction of sp³-hybridized carbons (Fsp3) is 0.455. The third-order valence-corrected chi connectivity index (χ3v) is 3.56. The van der Waals surface area contributed by atoms with Crippen LogP contribution in [0.1, 0.15) is 35.5 Å². The Hall–Kier alpha value is -1.36. The summed E-state index contributed by atoms with van der Waals surface area (Å²) >= 11 is 1.09. The van der Waals surface area contributed by atoms with Crippen molar-refractivity contribution in [2.75, 3.05) is 5.32 Å². The summed E-state index contributed by atoms with van der Waals surface area (Å²) in [4.78, 5) is 22.7. The molecule has 1 amide bonds. The Bertz CT molecular complexity index is 411. The Morgan fingerprint density at radius 3 is 2.62 bits per heavy atom. The highest BCUT2D eigenvalue weighted by atomic mass is 32.1. The summed E-state index contributed by atoms with van der Waals surface area (Å²) in [6.45, 7) is 5.50. The molecule has 1 aromatic rings. The van der Waals surface area contributed by atoms with E-state index in [0.717, 1.165) is 17.8 Å². The maximum atomic E-state index is 11.6. The van der Waals surface area contributed by atoms with Crippen LogP contribution < -0.4 is 5.32 Å². The van der Waals surface area contributed by atoms with Crippen LogP contribution in [0.2, 0.25) is 0 Å². The van der Waals surface area contributed by atoms with Crippen molar-refractivity contribution in [3.8, 4) is 0 Å². The van der Waals surface area contributed by atoms with Crippen molar-refractivity contribution in [1.82, 2.24) is 0 Å². The van der Waals surface area contributed by atoms with Gasteiger partial charge in [-0.3, -0.25) is 4.79 Å². The average Bonchev–Trinajstić information content (AvgIpc) is 2.58. The van der Waals surface area contributed by atoms with E-state index in [9.17, 15) is 9.59 Å². The van der Waals surface area contributed by atoms with Crippen LogP contribution in [0.3, 0.4) is 0 Å². The predicted octanol–water partition coefficient (Wildman–Crippen LogP) is 2.74. The first kappa shape index (κ1) is 12.7. The molecular formula is C11H15NO3S. The molecule has 16 heavy (non-hydrogen) atoms. The van der Waals surface area contributed by atoms with Crippen LogP contribution in [-0.2, 0) is 4.79 Å². The maximum Gasteiger partial charge on any atom is 0.346 e. The monoisotopic (exact) mass is 241 g/mol. The Morgan fingerprint density at radius 1 is 1.56 bits per heavy atom. The van der Waals surface area contributed by atoms with Crippen molar-refractivity contribution in [2.45, 2.75) is 27.2 Å². The van der Waals surface area contributed by atoms with Crippen LogP contribution >= 0.6 is 11.3 Å². The van der Waals surface area contributed by atoms with Gasteiger partial charge in [0, 0.05) is 5.92 Å². The number of aryl methyl sites for hydroxylation is 1. The van der Waals surface area contributed by atoms with Crippen LogP contribution in [0.15, 0.2) is 6.07 Å². The zero-order valence-corrected chi connectivity index (χ0v) is 10.4. The predicted molar refractivity (Wildman–Crippen MR) is 64.1 cm³/mol. The molecule has 88 valence electrons. The minimum Gasteiger partial charge on any atom is -0.477 e. The van der Waals surface area contributed by atoms with E-state index in [1.165, 1.54) is 0 Å². The van der Waals surface area contributed by atoms with E-state index >= 15 is 0 Å². The molecule has 1 rings (SSSR count). The van der Waals surface area contributed by atoms with Gasteiger partial charge in [0.15, 0.2) is 0 Å². The molecule has 4 nitrogen and oxygen atoms in total. The molecule has 0 aromatic carbocycles. The van der Waals surface area contributed by atoms with Gasteiger partial charge in [-0.15, -0.1) is 11.3 Å². The molecule has 1 aromatic heterocycles. The number of amides is 1. The number of carbonyl (C=O) groups is 2. The van der Waals surface area contributed by atoms with Crippen molar-refractivity contribution in [3.63, 3.8) is 0 Å². The maximum absolute atomic E-state index is 11.6. The van der Waals surface area contributed by atoms with E-state index in [4.69, 9.17) is 5.11 Å².